The number of ether oxygens (including phenoxy) is 4. The van der Waals surface area contributed by atoms with E-state index in [1.54, 1.807) is 19.1 Å². The van der Waals surface area contributed by atoms with Crippen molar-refractivity contribution in [2.75, 3.05) is 13.7 Å². The summed E-state index contributed by atoms with van der Waals surface area (Å²) in [5, 5.41) is 59.0. The third kappa shape index (κ3) is 7.87. The Balaban J connectivity index is 1.10. The Morgan fingerprint density at radius 3 is 2.39 bits per heavy atom. The second kappa shape index (κ2) is 16.6. The Hall–Kier alpha value is -5.73. The van der Waals surface area contributed by atoms with E-state index < -0.39 is 131 Å². The van der Waals surface area contributed by atoms with Gasteiger partial charge in [-0.3, -0.25) is 24.0 Å². The Labute approximate surface area is 348 Å². The highest BCUT2D eigenvalue weighted by atomic mass is 16.7. The number of imide groups is 1. The molecule has 326 valence electrons. The van der Waals surface area contributed by atoms with Gasteiger partial charge in [-0.25, -0.2) is 9.59 Å². The quantitative estimate of drug-likeness (QED) is 0.102. The highest BCUT2D eigenvalue weighted by Crippen LogP contribution is 2.52. The molecule has 1 unspecified atom stereocenters. The number of hydrogen-bond donors (Lipinski definition) is 6. The summed E-state index contributed by atoms with van der Waals surface area (Å²) in [5.74, 6) is -6.26. The van der Waals surface area contributed by atoms with Crippen LogP contribution in [0.3, 0.4) is 0 Å². The number of alkyl carbamates (subject to hydrolysis) is 1. The average Bonchev–Trinajstić information content (AvgIpc) is 3.54. The number of phenolic OH excluding ortho intramolecular Hbond substituents is 2. The van der Waals surface area contributed by atoms with Crippen molar-refractivity contribution < 1.29 is 82.9 Å². The maximum absolute atomic E-state index is 14.0. The molecule has 2 saturated heterocycles. The number of Topliss-reactive ketones (excluding diaryl/α,β-unsaturated/α-hetero) is 1. The van der Waals surface area contributed by atoms with Gasteiger partial charge >= 0.3 is 12.1 Å². The Morgan fingerprint density at radius 2 is 1.70 bits per heavy atom. The number of ketones is 3. The summed E-state index contributed by atoms with van der Waals surface area (Å²) in [7, 11) is 1.29. The summed E-state index contributed by atoms with van der Waals surface area (Å²) in [5.41, 5.74) is -5.43. The minimum atomic E-state index is -2.39. The standard InChI is InChI=1S/C42H46N2O17/c1-19-34(49)23(43-40(55)59-20-7-4-5-13-41(2,14-12-20)39(54)61-44-27(47)10-11-28(44)48)15-29(58-19)60-25-17-42(56,26(46)18-45)16-22-31(25)38(53)33-32(36(22)51)35(50)21-8-6-9-24(57-3)30(21)37(33)52/h4,6-9,19-20,23,25,29,34,45,49,51,53,56H,5,10-18H2,1-3H3,(H,43,55)/b7-4+/t19?,20-,23-,25+,29+,34+,41+,42+/m1/s1. The number of nitrogens with zero attached hydrogens (tertiary/aromatic N) is 1. The van der Waals surface area contributed by atoms with Crippen molar-refractivity contribution in [1.29, 1.82) is 0 Å². The van der Waals surface area contributed by atoms with E-state index in [0.29, 0.717) is 17.9 Å². The molecule has 0 bridgehead atoms. The highest BCUT2D eigenvalue weighted by molar-refractivity contribution is 6.31. The van der Waals surface area contributed by atoms with E-state index in [0.717, 1.165) is 0 Å². The Morgan fingerprint density at radius 1 is 1.00 bits per heavy atom. The van der Waals surface area contributed by atoms with Crippen LogP contribution in [0.5, 0.6) is 17.2 Å². The van der Waals surface area contributed by atoms with Crippen LogP contribution in [0.4, 0.5) is 4.79 Å². The molecule has 61 heavy (non-hydrogen) atoms. The third-order valence-corrected chi connectivity index (χ3v) is 12.2. The summed E-state index contributed by atoms with van der Waals surface area (Å²) in [6, 6.07) is 3.17. The van der Waals surface area contributed by atoms with Crippen molar-refractivity contribution in [3.05, 3.63) is 63.7 Å². The van der Waals surface area contributed by atoms with Crippen molar-refractivity contribution in [1.82, 2.24) is 10.4 Å². The van der Waals surface area contributed by atoms with Gasteiger partial charge in [0.2, 0.25) is 5.78 Å². The van der Waals surface area contributed by atoms with Crippen LogP contribution in [0.15, 0.2) is 30.4 Å². The minimum absolute atomic E-state index is 0.0354. The zero-order valence-electron chi connectivity index (χ0n) is 33.5. The molecule has 2 heterocycles. The van der Waals surface area contributed by atoms with Crippen molar-refractivity contribution in [3.63, 3.8) is 0 Å². The number of phenols is 2. The van der Waals surface area contributed by atoms with Gasteiger partial charge in [0.15, 0.2) is 17.9 Å². The third-order valence-electron chi connectivity index (χ3n) is 12.2. The van der Waals surface area contributed by atoms with Crippen LogP contribution in [0.2, 0.25) is 0 Å². The van der Waals surface area contributed by atoms with Gasteiger partial charge in [0.1, 0.15) is 41.7 Å². The molecule has 19 nitrogen and oxygen atoms in total. The lowest BCUT2D eigenvalue weighted by molar-refractivity contribution is -0.249. The first-order valence-electron chi connectivity index (χ1n) is 19.9. The number of nitrogens with one attached hydrogen (secondary N) is 1. The summed E-state index contributed by atoms with van der Waals surface area (Å²) in [4.78, 5) is 96.5. The largest absolute Gasteiger partial charge is 0.507 e. The maximum atomic E-state index is 14.0. The SMILES string of the molecule is COc1cccc2c1C(=O)c1c(O)c3c(c(O)c1C2=O)C[C@@](O)(C(=O)CO)C[C@@H]3O[C@H]1C[C@@H](NC(=O)O[C@@H]2/C=C/CC[C@](C)(C(=O)ON3C(=O)CCC3=O)CC2)[C@@H](O)C(C)O1. The molecule has 5 aliphatic rings. The summed E-state index contributed by atoms with van der Waals surface area (Å²) in [6.07, 6.45) is -4.27. The van der Waals surface area contributed by atoms with Crippen LogP contribution in [-0.4, -0.2) is 122 Å². The first kappa shape index (κ1) is 43.4. The zero-order valence-corrected chi connectivity index (χ0v) is 33.5. The molecule has 0 radical (unpaired) electrons. The molecule has 2 aromatic rings. The molecule has 2 aromatic carbocycles. The van der Waals surface area contributed by atoms with E-state index in [9.17, 15) is 59.1 Å². The number of fused-ring (bicyclic) bond motifs is 3. The number of carbonyl (C=O) groups is 7. The number of aliphatic hydroxyl groups excluding tert-OH is 2. The zero-order chi connectivity index (χ0) is 44.1. The molecule has 2 aliphatic heterocycles. The Bertz CT molecular complexity index is 2220. The number of aromatic hydroxyl groups is 2. The second-order valence-corrected chi connectivity index (χ2v) is 16.2. The van der Waals surface area contributed by atoms with E-state index >= 15 is 0 Å². The molecule has 7 rings (SSSR count). The molecule has 3 aliphatic carbocycles. The normalized spacial score (nSPS) is 30.3. The number of allylic oxidation sites excluding steroid dienone is 1. The van der Waals surface area contributed by atoms with Gasteiger partial charge in [-0.1, -0.05) is 18.2 Å². The molecule has 8 atom stereocenters. The van der Waals surface area contributed by atoms with E-state index in [1.165, 1.54) is 32.2 Å². The summed E-state index contributed by atoms with van der Waals surface area (Å²) < 4.78 is 23.1. The lowest BCUT2D eigenvalue weighted by Crippen LogP contribution is -2.56. The van der Waals surface area contributed by atoms with Gasteiger partial charge in [0.05, 0.1) is 47.5 Å². The van der Waals surface area contributed by atoms with Gasteiger partial charge in [-0.05, 0) is 51.7 Å². The van der Waals surface area contributed by atoms with Crippen LogP contribution in [0.1, 0.15) is 114 Å². The number of aliphatic hydroxyl groups is 3. The van der Waals surface area contributed by atoms with E-state index in [4.69, 9.17) is 23.8 Å². The molecular formula is C42H46N2O17. The molecular weight excluding hydrogens is 804 g/mol. The fourth-order valence-electron chi connectivity index (χ4n) is 8.67. The van der Waals surface area contributed by atoms with Crippen molar-refractivity contribution in [2.45, 2.75) is 114 Å². The van der Waals surface area contributed by atoms with E-state index in [-0.39, 0.29) is 60.1 Å². The van der Waals surface area contributed by atoms with Crippen LogP contribution in [0.25, 0.3) is 0 Å². The topological polar surface area (TPSA) is 282 Å². The molecule has 19 heteroatoms. The van der Waals surface area contributed by atoms with Crippen LogP contribution >= 0.6 is 0 Å². The fraction of sp³-hybridized carbons (Fsp3) is 0.500. The number of benzene rings is 2. The summed E-state index contributed by atoms with van der Waals surface area (Å²) in [6.45, 7) is 2.00. The Kier molecular flexibility index (Phi) is 11.8. The van der Waals surface area contributed by atoms with Crippen LogP contribution in [-0.2, 0) is 44.6 Å². The number of methoxy groups -OCH3 is 1. The molecule has 0 spiro atoms. The molecule has 6 N–H and O–H groups in total. The smallest absolute Gasteiger partial charge is 0.408 e. The predicted octanol–water partition coefficient (Wildman–Crippen LogP) is 1.88. The number of hydroxylamine groups is 2. The lowest BCUT2D eigenvalue weighted by atomic mass is 9.72. The first-order valence-corrected chi connectivity index (χ1v) is 19.9. The molecule has 0 aromatic heterocycles. The average molecular weight is 851 g/mol. The van der Waals surface area contributed by atoms with Gasteiger partial charge in [0.25, 0.3) is 11.8 Å². The predicted molar refractivity (Wildman–Crippen MR) is 204 cm³/mol. The van der Waals surface area contributed by atoms with Crippen molar-refractivity contribution >= 4 is 41.2 Å². The molecule has 2 fully saturated rings. The number of hydrogen-bond acceptors (Lipinski definition) is 17. The lowest BCUT2D eigenvalue weighted by Gasteiger charge is -2.42. The number of rotatable bonds is 9. The summed E-state index contributed by atoms with van der Waals surface area (Å²) >= 11 is 0. The van der Waals surface area contributed by atoms with E-state index in [2.05, 4.69) is 5.32 Å². The van der Waals surface area contributed by atoms with Gasteiger partial charge in [-0.15, -0.1) is 5.06 Å². The van der Waals surface area contributed by atoms with Gasteiger partial charge < -0.3 is 54.6 Å². The molecule has 3 amide bonds. The van der Waals surface area contributed by atoms with Gasteiger partial charge in [0, 0.05) is 48.8 Å². The number of amides is 3. The maximum Gasteiger partial charge on any atom is 0.408 e. The number of carbonyl (C=O) groups excluding carboxylic acids is 7. The van der Waals surface area contributed by atoms with Gasteiger partial charge in [-0.2, -0.15) is 0 Å². The monoisotopic (exact) mass is 850 g/mol. The highest BCUT2D eigenvalue weighted by Gasteiger charge is 2.51. The van der Waals surface area contributed by atoms with Crippen LogP contribution < -0.4 is 10.1 Å². The second-order valence-electron chi connectivity index (χ2n) is 16.2. The first-order chi connectivity index (χ1) is 28.9. The minimum Gasteiger partial charge on any atom is -0.507 e. The van der Waals surface area contributed by atoms with Crippen LogP contribution in [0, 0.1) is 5.41 Å². The van der Waals surface area contributed by atoms with E-state index in [1.807, 2.05) is 0 Å². The molecule has 0 saturated carbocycles. The van der Waals surface area contributed by atoms with Crippen molar-refractivity contribution in [3.8, 4) is 17.2 Å². The van der Waals surface area contributed by atoms with Crippen molar-refractivity contribution in [2.24, 2.45) is 5.41 Å². The fourth-order valence-corrected chi connectivity index (χ4v) is 8.67.